The van der Waals surface area contributed by atoms with E-state index in [4.69, 9.17) is 4.74 Å². The van der Waals surface area contributed by atoms with Crippen molar-refractivity contribution in [3.8, 4) is 5.75 Å². The Hall–Kier alpha value is -1.04. The molecular formula is C18H28N2O2S. The standard InChI is InChI=1S/C18H28N2O2S/c1-18(2,3)23(21)19-16-7-5-6-12-20(14-16)13-15-8-10-17(22-4)11-9-15/h8-11H,5-7,12-14H2,1-4H3/b19-16-. The van der Waals surface area contributed by atoms with Crippen LogP contribution in [0, 0.1) is 0 Å². The molecule has 0 spiro atoms. The van der Waals surface area contributed by atoms with E-state index in [-0.39, 0.29) is 4.75 Å². The molecule has 0 bridgehead atoms. The highest BCUT2D eigenvalue weighted by Crippen LogP contribution is 2.20. The summed E-state index contributed by atoms with van der Waals surface area (Å²) in [5.74, 6) is 0.882. The lowest BCUT2D eigenvalue weighted by Gasteiger charge is -2.22. The molecule has 1 fully saturated rings. The quantitative estimate of drug-likeness (QED) is 0.790. The van der Waals surface area contributed by atoms with Crippen molar-refractivity contribution in [2.75, 3.05) is 20.2 Å². The van der Waals surface area contributed by atoms with E-state index in [0.717, 1.165) is 50.4 Å². The summed E-state index contributed by atoms with van der Waals surface area (Å²) >= 11 is -1.16. The molecule has 1 aromatic rings. The first-order valence-corrected chi connectivity index (χ1v) is 9.33. The molecule has 1 heterocycles. The molecule has 1 aliphatic heterocycles. The second kappa shape index (κ2) is 8.18. The van der Waals surface area contributed by atoms with Crippen LogP contribution in [0.1, 0.15) is 45.6 Å². The zero-order chi connectivity index (χ0) is 16.9. The van der Waals surface area contributed by atoms with Crippen molar-refractivity contribution in [2.24, 2.45) is 4.40 Å². The fraction of sp³-hybridized carbons (Fsp3) is 0.611. The lowest BCUT2D eigenvalue weighted by Crippen LogP contribution is -2.31. The topological polar surface area (TPSA) is 47.9 Å². The van der Waals surface area contributed by atoms with Gasteiger partial charge in [0.15, 0.2) is 0 Å². The van der Waals surface area contributed by atoms with Gasteiger partial charge in [-0.3, -0.25) is 4.90 Å². The molecule has 5 heteroatoms. The third kappa shape index (κ3) is 5.83. The van der Waals surface area contributed by atoms with Crippen LogP contribution in [0.5, 0.6) is 5.75 Å². The van der Waals surface area contributed by atoms with Gasteiger partial charge >= 0.3 is 0 Å². The maximum absolute atomic E-state index is 12.3. The van der Waals surface area contributed by atoms with Crippen molar-refractivity contribution < 1.29 is 9.29 Å². The maximum atomic E-state index is 12.3. The van der Waals surface area contributed by atoms with Gasteiger partial charge in [0, 0.05) is 13.1 Å². The van der Waals surface area contributed by atoms with Crippen LogP contribution < -0.4 is 4.74 Å². The van der Waals surface area contributed by atoms with E-state index >= 15 is 0 Å². The SMILES string of the molecule is COc1ccc(CN2CCCC/C(=N/[S+]([O-])C(C)(C)C)C2)cc1. The van der Waals surface area contributed by atoms with Crippen LogP contribution >= 0.6 is 0 Å². The molecule has 23 heavy (non-hydrogen) atoms. The van der Waals surface area contributed by atoms with Crippen LogP contribution in [0.25, 0.3) is 0 Å². The van der Waals surface area contributed by atoms with E-state index in [9.17, 15) is 4.55 Å². The highest BCUT2D eigenvalue weighted by Gasteiger charge is 2.28. The lowest BCUT2D eigenvalue weighted by molar-refractivity contribution is 0.305. The van der Waals surface area contributed by atoms with Crippen LogP contribution in [-0.4, -0.2) is 40.1 Å². The Kier molecular flexibility index (Phi) is 6.50. The Morgan fingerprint density at radius 3 is 2.52 bits per heavy atom. The van der Waals surface area contributed by atoms with Gasteiger partial charge in [-0.05, 0) is 64.3 Å². The summed E-state index contributed by atoms with van der Waals surface area (Å²) in [6.07, 6.45) is 3.25. The molecule has 1 aromatic carbocycles. The van der Waals surface area contributed by atoms with Gasteiger partial charge in [-0.15, -0.1) is 0 Å². The second-order valence-corrected chi connectivity index (χ2v) is 8.94. The Morgan fingerprint density at radius 2 is 1.91 bits per heavy atom. The fourth-order valence-corrected chi connectivity index (χ4v) is 3.19. The average molecular weight is 337 g/mol. The van der Waals surface area contributed by atoms with Crippen molar-refractivity contribution in [3.63, 3.8) is 0 Å². The molecule has 1 saturated heterocycles. The van der Waals surface area contributed by atoms with Crippen LogP contribution in [0.2, 0.25) is 0 Å². The van der Waals surface area contributed by atoms with Gasteiger partial charge in [-0.25, -0.2) is 0 Å². The first-order valence-electron chi connectivity index (χ1n) is 8.22. The summed E-state index contributed by atoms with van der Waals surface area (Å²) in [7, 11) is 1.68. The van der Waals surface area contributed by atoms with Gasteiger partial charge < -0.3 is 9.29 Å². The lowest BCUT2D eigenvalue weighted by atomic mass is 10.2. The minimum absolute atomic E-state index is 0.292. The molecule has 2 rings (SSSR count). The molecule has 1 aliphatic rings. The first-order chi connectivity index (χ1) is 10.9. The molecule has 4 nitrogen and oxygen atoms in total. The summed E-state index contributed by atoms with van der Waals surface area (Å²) in [5.41, 5.74) is 2.34. The van der Waals surface area contributed by atoms with E-state index < -0.39 is 11.4 Å². The van der Waals surface area contributed by atoms with E-state index in [1.54, 1.807) is 7.11 Å². The third-order valence-electron chi connectivity index (χ3n) is 3.90. The minimum atomic E-state index is -1.16. The molecule has 0 aliphatic carbocycles. The minimum Gasteiger partial charge on any atom is -0.591 e. The second-order valence-electron chi connectivity index (χ2n) is 7.03. The molecule has 0 aromatic heterocycles. The zero-order valence-electron chi connectivity index (χ0n) is 14.7. The van der Waals surface area contributed by atoms with E-state index in [2.05, 4.69) is 21.4 Å². The molecule has 0 amide bonds. The molecule has 0 N–H and O–H groups in total. The van der Waals surface area contributed by atoms with Gasteiger partial charge in [0.05, 0.1) is 12.8 Å². The molecule has 0 radical (unpaired) electrons. The summed E-state index contributed by atoms with van der Waals surface area (Å²) in [4.78, 5) is 2.40. The zero-order valence-corrected chi connectivity index (χ0v) is 15.5. The largest absolute Gasteiger partial charge is 0.591 e. The molecule has 1 atom stereocenters. The van der Waals surface area contributed by atoms with Crippen LogP contribution in [0.15, 0.2) is 28.7 Å². The van der Waals surface area contributed by atoms with Gasteiger partial charge in [0.2, 0.25) is 0 Å². The van der Waals surface area contributed by atoms with Crippen LogP contribution in [0.3, 0.4) is 0 Å². The van der Waals surface area contributed by atoms with Gasteiger partial charge in [-0.1, -0.05) is 16.5 Å². The molecular weight excluding hydrogens is 308 g/mol. The number of rotatable bonds is 4. The first kappa shape index (κ1) is 18.3. The van der Waals surface area contributed by atoms with Gasteiger partial charge in [0.25, 0.3) is 0 Å². The molecule has 0 saturated carbocycles. The van der Waals surface area contributed by atoms with E-state index in [1.807, 2.05) is 32.9 Å². The van der Waals surface area contributed by atoms with Crippen molar-refractivity contribution >= 4 is 17.1 Å². The number of likely N-dealkylation sites (tertiary alicyclic amines) is 1. The summed E-state index contributed by atoms with van der Waals surface area (Å²) < 4.78 is 21.7. The van der Waals surface area contributed by atoms with Crippen molar-refractivity contribution in [1.82, 2.24) is 4.90 Å². The summed E-state index contributed by atoms with van der Waals surface area (Å²) in [6.45, 7) is 8.68. The van der Waals surface area contributed by atoms with Crippen LogP contribution in [0.4, 0.5) is 0 Å². The number of benzene rings is 1. The molecule has 1 unspecified atom stereocenters. The van der Waals surface area contributed by atoms with E-state index in [0.29, 0.717) is 0 Å². The maximum Gasteiger partial charge on any atom is 0.144 e. The van der Waals surface area contributed by atoms with Gasteiger partial charge in [0.1, 0.15) is 21.9 Å². The smallest absolute Gasteiger partial charge is 0.144 e. The average Bonchev–Trinajstić information content (AvgIpc) is 2.72. The Bertz CT molecular complexity index is 523. The number of methoxy groups -OCH3 is 1. The van der Waals surface area contributed by atoms with Crippen molar-refractivity contribution in [3.05, 3.63) is 29.8 Å². The normalized spacial score (nSPS) is 20.3. The van der Waals surface area contributed by atoms with Crippen molar-refractivity contribution in [2.45, 2.75) is 51.3 Å². The van der Waals surface area contributed by atoms with Crippen LogP contribution in [-0.2, 0) is 17.9 Å². The Morgan fingerprint density at radius 1 is 1.22 bits per heavy atom. The Balaban J connectivity index is 2.02. The highest BCUT2D eigenvalue weighted by atomic mass is 32.2. The summed E-state index contributed by atoms with van der Waals surface area (Å²) in [6, 6.07) is 8.20. The summed E-state index contributed by atoms with van der Waals surface area (Å²) in [5, 5.41) is 0. The predicted octanol–water partition coefficient (Wildman–Crippen LogP) is 3.58. The number of nitrogens with zero attached hydrogens (tertiary/aromatic N) is 2. The van der Waals surface area contributed by atoms with Crippen molar-refractivity contribution in [1.29, 1.82) is 0 Å². The number of ether oxygens (including phenoxy) is 1. The predicted molar refractivity (Wildman–Crippen MR) is 97.5 cm³/mol. The third-order valence-corrected chi connectivity index (χ3v) is 5.37. The monoisotopic (exact) mass is 336 g/mol. The fourth-order valence-electron chi connectivity index (χ4n) is 2.53. The van der Waals surface area contributed by atoms with Gasteiger partial charge in [-0.2, -0.15) is 0 Å². The number of hydrogen-bond acceptors (Lipinski definition) is 4. The van der Waals surface area contributed by atoms with E-state index in [1.165, 1.54) is 5.56 Å². The Labute approximate surface area is 143 Å². The molecule has 128 valence electrons. The highest BCUT2D eigenvalue weighted by molar-refractivity contribution is 7.91. The number of hydrogen-bond donors (Lipinski definition) is 0.